The smallest absolute Gasteiger partial charge is 0.298 e. The van der Waals surface area contributed by atoms with Crippen LogP contribution in [-0.2, 0) is 4.79 Å². The summed E-state index contributed by atoms with van der Waals surface area (Å²) in [7, 11) is 1.56. The zero-order valence-electron chi connectivity index (χ0n) is 16.1. The summed E-state index contributed by atoms with van der Waals surface area (Å²) in [6.07, 6.45) is 0. The van der Waals surface area contributed by atoms with Gasteiger partial charge >= 0.3 is 0 Å². The summed E-state index contributed by atoms with van der Waals surface area (Å²) in [4.78, 5) is 29.9. The molecule has 8 heteroatoms. The molecule has 0 bridgehead atoms. The predicted molar refractivity (Wildman–Crippen MR) is 112 cm³/mol. The Morgan fingerprint density at radius 3 is 2.55 bits per heavy atom. The summed E-state index contributed by atoms with van der Waals surface area (Å²) in [5, 5.41) is 7.39. The number of fused-ring (bicyclic) bond motifs is 1. The number of anilines is 1. The maximum absolute atomic E-state index is 12.9. The van der Waals surface area contributed by atoms with Gasteiger partial charge < -0.3 is 4.74 Å². The van der Waals surface area contributed by atoms with Crippen molar-refractivity contribution in [2.75, 3.05) is 12.4 Å². The molecule has 0 unspecified atom stereocenters. The molecule has 4 aromatic rings. The van der Waals surface area contributed by atoms with Crippen molar-refractivity contribution in [3.8, 4) is 11.4 Å². The molecule has 2 aromatic carbocycles. The van der Waals surface area contributed by atoms with Gasteiger partial charge in [0.15, 0.2) is 5.13 Å². The fraction of sp³-hybridized carbons (Fsp3) is 0.143. The van der Waals surface area contributed by atoms with Crippen LogP contribution in [0.4, 0.5) is 5.13 Å². The van der Waals surface area contributed by atoms with E-state index in [1.807, 2.05) is 42.5 Å². The van der Waals surface area contributed by atoms with E-state index in [4.69, 9.17) is 4.74 Å². The Bertz CT molecular complexity index is 1230. The van der Waals surface area contributed by atoms with Gasteiger partial charge in [0.05, 0.1) is 34.4 Å². The van der Waals surface area contributed by atoms with Crippen molar-refractivity contribution in [1.29, 1.82) is 0 Å². The molecule has 0 fully saturated rings. The number of rotatable bonds is 5. The maximum atomic E-state index is 12.9. The minimum Gasteiger partial charge on any atom is -0.494 e. The summed E-state index contributed by atoms with van der Waals surface area (Å²) in [6.45, 7) is 3.49. The van der Waals surface area contributed by atoms with Crippen LogP contribution in [0.5, 0.6) is 5.75 Å². The van der Waals surface area contributed by atoms with E-state index in [2.05, 4.69) is 15.4 Å². The van der Waals surface area contributed by atoms with Crippen molar-refractivity contribution in [2.45, 2.75) is 13.8 Å². The number of methoxy groups -OCH3 is 1. The number of aromatic nitrogens is 3. The van der Waals surface area contributed by atoms with Gasteiger partial charge in [-0.05, 0) is 38.1 Å². The van der Waals surface area contributed by atoms with Crippen molar-refractivity contribution >= 4 is 38.4 Å². The highest BCUT2D eigenvalue weighted by molar-refractivity contribution is 7.22. The second-order valence-corrected chi connectivity index (χ2v) is 7.43. The van der Waals surface area contributed by atoms with Crippen molar-refractivity contribution in [3.63, 3.8) is 0 Å². The number of carbonyl (C=O) groups is 2. The van der Waals surface area contributed by atoms with Crippen LogP contribution in [0.3, 0.4) is 0 Å². The van der Waals surface area contributed by atoms with Crippen molar-refractivity contribution in [2.24, 2.45) is 0 Å². The second kappa shape index (κ2) is 7.48. The molecule has 0 spiro atoms. The molecule has 0 aliphatic heterocycles. The van der Waals surface area contributed by atoms with Crippen molar-refractivity contribution < 1.29 is 14.3 Å². The van der Waals surface area contributed by atoms with Gasteiger partial charge in [-0.25, -0.2) is 9.67 Å². The number of thiazole rings is 1. The number of aryl methyl sites for hydroxylation is 1. The second-order valence-electron chi connectivity index (χ2n) is 6.40. The van der Waals surface area contributed by atoms with E-state index in [9.17, 15) is 9.59 Å². The molecule has 0 aliphatic carbocycles. The van der Waals surface area contributed by atoms with E-state index >= 15 is 0 Å². The van der Waals surface area contributed by atoms with Gasteiger partial charge in [0.1, 0.15) is 11.3 Å². The van der Waals surface area contributed by atoms with E-state index < -0.39 is 11.7 Å². The molecule has 1 N–H and O–H groups in total. The van der Waals surface area contributed by atoms with Crippen LogP contribution in [0.25, 0.3) is 15.9 Å². The van der Waals surface area contributed by atoms with Gasteiger partial charge in [-0.2, -0.15) is 5.10 Å². The molecule has 0 saturated carbocycles. The summed E-state index contributed by atoms with van der Waals surface area (Å²) in [5.41, 5.74) is 2.88. The van der Waals surface area contributed by atoms with Gasteiger partial charge in [-0.15, -0.1) is 0 Å². The van der Waals surface area contributed by atoms with Gasteiger partial charge in [0.2, 0.25) is 0 Å². The van der Waals surface area contributed by atoms with Gasteiger partial charge in [0.25, 0.3) is 11.7 Å². The van der Waals surface area contributed by atoms with E-state index in [1.165, 1.54) is 11.3 Å². The van der Waals surface area contributed by atoms with Crippen LogP contribution in [0, 0.1) is 13.8 Å². The lowest BCUT2D eigenvalue weighted by molar-refractivity contribution is -0.112. The summed E-state index contributed by atoms with van der Waals surface area (Å²) < 4.78 is 7.82. The first-order valence-corrected chi connectivity index (χ1v) is 9.72. The number of carbonyl (C=O) groups excluding carboxylic acids is 2. The molecule has 0 radical (unpaired) electrons. The Morgan fingerprint density at radius 1 is 1.07 bits per heavy atom. The SMILES string of the molecule is COc1cccc2sc(NC(=O)C(=O)c3c(C)nn(-c4ccccc4)c3C)nc12. The average Bonchev–Trinajstić information content (AvgIpc) is 3.27. The molecule has 7 nitrogen and oxygen atoms in total. The number of nitrogens with one attached hydrogen (secondary N) is 1. The summed E-state index contributed by atoms with van der Waals surface area (Å²) in [5.74, 6) is -0.781. The van der Waals surface area contributed by atoms with Gasteiger partial charge in [-0.1, -0.05) is 35.6 Å². The number of benzene rings is 2. The third-order valence-corrected chi connectivity index (χ3v) is 5.48. The topological polar surface area (TPSA) is 86.1 Å². The molecule has 0 aliphatic rings. The van der Waals surface area contributed by atoms with Crippen molar-refractivity contribution in [3.05, 3.63) is 65.5 Å². The third kappa shape index (κ3) is 3.38. The molecule has 1 amide bonds. The van der Waals surface area contributed by atoms with Crippen LogP contribution in [0.2, 0.25) is 0 Å². The Labute approximate surface area is 171 Å². The summed E-state index contributed by atoms with van der Waals surface area (Å²) >= 11 is 1.28. The van der Waals surface area contributed by atoms with Crippen LogP contribution in [-0.4, -0.2) is 33.6 Å². The van der Waals surface area contributed by atoms with Gasteiger partial charge in [-0.3, -0.25) is 14.9 Å². The number of para-hydroxylation sites is 2. The monoisotopic (exact) mass is 406 g/mol. The first-order valence-electron chi connectivity index (χ1n) is 8.90. The van der Waals surface area contributed by atoms with Gasteiger partial charge in [0, 0.05) is 0 Å². The normalized spacial score (nSPS) is 10.9. The molecule has 146 valence electrons. The minimum atomic E-state index is -0.748. The van der Waals surface area contributed by atoms with Crippen molar-refractivity contribution in [1.82, 2.24) is 14.8 Å². The summed E-state index contributed by atoms with van der Waals surface area (Å²) in [6, 6.07) is 15.0. The van der Waals surface area contributed by atoms with E-state index in [0.717, 1.165) is 10.4 Å². The highest BCUT2D eigenvalue weighted by Crippen LogP contribution is 2.32. The number of hydrogen-bond donors (Lipinski definition) is 1. The molecule has 2 aromatic heterocycles. The number of amides is 1. The Kier molecular flexibility index (Phi) is 4.85. The number of ether oxygens (including phenoxy) is 1. The third-order valence-electron chi connectivity index (χ3n) is 4.55. The quantitative estimate of drug-likeness (QED) is 0.401. The zero-order valence-corrected chi connectivity index (χ0v) is 16.9. The minimum absolute atomic E-state index is 0.296. The first kappa shape index (κ1) is 18.8. The molecule has 4 rings (SSSR count). The molecular formula is C21H18N4O3S. The number of nitrogens with zero attached hydrogens (tertiary/aromatic N) is 3. The average molecular weight is 406 g/mol. The van der Waals surface area contributed by atoms with Crippen LogP contribution in [0.15, 0.2) is 48.5 Å². The van der Waals surface area contributed by atoms with Crippen LogP contribution < -0.4 is 10.1 Å². The fourth-order valence-electron chi connectivity index (χ4n) is 3.20. The standard InChI is InChI=1S/C21H18N4O3S/c1-12-17(13(2)25(24-12)14-8-5-4-6-9-14)19(26)20(27)23-21-22-18-15(28-3)10-7-11-16(18)29-21/h4-11H,1-3H3,(H,22,23,27). The lowest BCUT2D eigenvalue weighted by Gasteiger charge is -2.05. The largest absolute Gasteiger partial charge is 0.494 e. The predicted octanol–water partition coefficient (Wildman–Crippen LogP) is 3.93. The molecule has 0 atom stereocenters. The maximum Gasteiger partial charge on any atom is 0.298 e. The first-order chi connectivity index (χ1) is 14.0. The van der Waals surface area contributed by atoms with Crippen LogP contribution >= 0.6 is 11.3 Å². The Hall–Kier alpha value is -3.52. The van der Waals surface area contributed by atoms with E-state index in [-0.39, 0.29) is 0 Å². The Balaban J connectivity index is 1.62. The van der Waals surface area contributed by atoms with E-state index in [0.29, 0.717) is 33.3 Å². The van der Waals surface area contributed by atoms with E-state index in [1.54, 1.807) is 31.7 Å². The molecular weight excluding hydrogens is 388 g/mol. The lowest BCUT2D eigenvalue weighted by Crippen LogP contribution is -2.24. The highest BCUT2D eigenvalue weighted by atomic mass is 32.1. The Morgan fingerprint density at radius 2 is 1.83 bits per heavy atom. The molecule has 29 heavy (non-hydrogen) atoms. The fourth-order valence-corrected chi connectivity index (χ4v) is 4.08. The molecule has 0 saturated heterocycles. The zero-order chi connectivity index (χ0) is 20.5. The lowest BCUT2D eigenvalue weighted by atomic mass is 10.1. The van der Waals surface area contributed by atoms with Crippen LogP contribution in [0.1, 0.15) is 21.7 Å². The number of Topliss-reactive ketones (excluding diaryl/α,β-unsaturated/α-hetero) is 1. The molecule has 2 heterocycles. The number of ketones is 1. The number of hydrogen-bond acceptors (Lipinski definition) is 6. The highest BCUT2D eigenvalue weighted by Gasteiger charge is 2.26.